The molecule has 1 amide bonds. The Morgan fingerprint density at radius 3 is 2.75 bits per heavy atom. The van der Waals surface area contributed by atoms with Crippen LogP contribution in [-0.2, 0) is 4.74 Å². The number of carbonyl (C=O) groups excluding carboxylic acids is 2. The molecule has 6 heteroatoms. The summed E-state index contributed by atoms with van der Waals surface area (Å²) in [5.41, 5.74) is 0.777. The predicted molar refractivity (Wildman–Crippen MR) is 69.9 cm³/mol. The van der Waals surface area contributed by atoms with E-state index in [1.807, 2.05) is 0 Å². The highest BCUT2D eigenvalue weighted by Gasteiger charge is 2.24. The van der Waals surface area contributed by atoms with Crippen LogP contribution in [0.2, 0.25) is 0 Å². The molecule has 1 aromatic carbocycles. The van der Waals surface area contributed by atoms with Crippen molar-refractivity contribution in [1.29, 1.82) is 0 Å². The molecular formula is C14H13FN2O3. The molecule has 104 valence electrons. The SMILES string of the molecule is O=C(OC(=O)N1CCCC1)c1c[nH]c2ccc(F)cc12. The zero-order chi connectivity index (χ0) is 14.1. The van der Waals surface area contributed by atoms with E-state index in [0.29, 0.717) is 24.0 Å². The summed E-state index contributed by atoms with van der Waals surface area (Å²) in [6, 6.07) is 4.07. The van der Waals surface area contributed by atoms with Crippen LogP contribution in [0, 0.1) is 5.82 Å². The molecule has 1 aliphatic heterocycles. The van der Waals surface area contributed by atoms with E-state index in [1.165, 1.54) is 29.3 Å². The van der Waals surface area contributed by atoms with E-state index < -0.39 is 17.9 Å². The molecule has 1 saturated heterocycles. The van der Waals surface area contributed by atoms with Gasteiger partial charge in [0.05, 0.1) is 5.56 Å². The van der Waals surface area contributed by atoms with Crippen LogP contribution < -0.4 is 0 Å². The van der Waals surface area contributed by atoms with Gasteiger partial charge in [-0.1, -0.05) is 0 Å². The summed E-state index contributed by atoms with van der Waals surface area (Å²) in [5, 5.41) is 0.407. The Balaban J connectivity index is 1.81. The summed E-state index contributed by atoms with van der Waals surface area (Å²) in [4.78, 5) is 28.1. The Morgan fingerprint density at radius 1 is 1.25 bits per heavy atom. The fourth-order valence-electron chi connectivity index (χ4n) is 2.36. The molecule has 1 aliphatic rings. The third-order valence-corrected chi connectivity index (χ3v) is 3.41. The number of amides is 1. The number of aromatic nitrogens is 1. The van der Waals surface area contributed by atoms with Gasteiger partial charge in [0, 0.05) is 30.2 Å². The average Bonchev–Trinajstić information content (AvgIpc) is 3.07. The van der Waals surface area contributed by atoms with E-state index in [-0.39, 0.29) is 5.56 Å². The normalized spacial score (nSPS) is 14.8. The standard InChI is InChI=1S/C14H13FN2O3/c15-9-3-4-12-10(7-9)11(8-16-12)13(18)20-14(19)17-5-1-2-6-17/h3-4,7-8,16H,1-2,5-6H2. The molecule has 2 heterocycles. The molecule has 0 radical (unpaired) electrons. The fourth-order valence-corrected chi connectivity index (χ4v) is 2.36. The van der Waals surface area contributed by atoms with Gasteiger partial charge in [-0.2, -0.15) is 0 Å². The summed E-state index contributed by atoms with van der Waals surface area (Å²) < 4.78 is 18.1. The van der Waals surface area contributed by atoms with E-state index in [4.69, 9.17) is 4.74 Å². The number of nitrogens with zero attached hydrogens (tertiary/aromatic N) is 1. The van der Waals surface area contributed by atoms with Crippen LogP contribution in [0.5, 0.6) is 0 Å². The van der Waals surface area contributed by atoms with Crippen LogP contribution in [0.1, 0.15) is 23.2 Å². The molecule has 0 spiro atoms. The molecule has 2 aromatic rings. The Kier molecular flexibility index (Phi) is 3.14. The summed E-state index contributed by atoms with van der Waals surface area (Å²) in [6.07, 6.45) is 2.62. The topological polar surface area (TPSA) is 62.4 Å². The zero-order valence-corrected chi connectivity index (χ0v) is 10.7. The highest BCUT2D eigenvalue weighted by atomic mass is 19.1. The number of hydrogen-bond donors (Lipinski definition) is 1. The van der Waals surface area contributed by atoms with Gasteiger partial charge in [0.15, 0.2) is 0 Å². The quantitative estimate of drug-likeness (QED) is 0.643. The minimum Gasteiger partial charge on any atom is -0.372 e. The molecule has 5 nitrogen and oxygen atoms in total. The second kappa shape index (κ2) is 4.96. The van der Waals surface area contributed by atoms with Gasteiger partial charge in [-0.3, -0.25) is 0 Å². The number of hydrogen-bond acceptors (Lipinski definition) is 3. The summed E-state index contributed by atoms with van der Waals surface area (Å²) in [7, 11) is 0. The monoisotopic (exact) mass is 276 g/mol. The first-order chi connectivity index (χ1) is 9.65. The third kappa shape index (κ3) is 2.24. The van der Waals surface area contributed by atoms with Crippen LogP contribution in [0.15, 0.2) is 24.4 Å². The summed E-state index contributed by atoms with van der Waals surface area (Å²) in [5.74, 6) is -1.21. The van der Waals surface area contributed by atoms with E-state index in [9.17, 15) is 14.0 Å². The molecule has 0 atom stereocenters. The van der Waals surface area contributed by atoms with E-state index in [0.717, 1.165) is 12.8 Å². The van der Waals surface area contributed by atoms with Crippen LogP contribution in [0.25, 0.3) is 10.9 Å². The summed E-state index contributed by atoms with van der Waals surface area (Å²) >= 11 is 0. The second-order valence-electron chi connectivity index (χ2n) is 4.74. The maximum Gasteiger partial charge on any atom is 0.417 e. The van der Waals surface area contributed by atoms with Crippen molar-refractivity contribution in [2.24, 2.45) is 0 Å². The number of H-pyrrole nitrogens is 1. The van der Waals surface area contributed by atoms with Crippen LogP contribution in [0.3, 0.4) is 0 Å². The number of carbonyl (C=O) groups is 2. The van der Waals surface area contributed by atoms with Crippen molar-refractivity contribution in [2.45, 2.75) is 12.8 Å². The number of aromatic amines is 1. The number of nitrogens with one attached hydrogen (secondary N) is 1. The van der Waals surface area contributed by atoms with E-state index in [2.05, 4.69) is 4.98 Å². The maximum absolute atomic E-state index is 13.2. The van der Waals surface area contributed by atoms with Crippen LogP contribution in [-0.4, -0.2) is 35.0 Å². The smallest absolute Gasteiger partial charge is 0.372 e. The Labute approximate surface area is 114 Å². The lowest BCUT2D eigenvalue weighted by atomic mass is 10.2. The lowest BCUT2D eigenvalue weighted by Crippen LogP contribution is -2.30. The first kappa shape index (κ1) is 12.7. The number of rotatable bonds is 1. The molecule has 0 bridgehead atoms. The number of ether oxygens (including phenoxy) is 1. The highest BCUT2D eigenvalue weighted by molar-refractivity contribution is 6.06. The Bertz CT molecular complexity index is 674. The van der Waals surface area contributed by atoms with Crippen molar-refractivity contribution < 1.29 is 18.7 Å². The molecule has 0 aliphatic carbocycles. The molecule has 20 heavy (non-hydrogen) atoms. The molecule has 1 N–H and O–H groups in total. The lowest BCUT2D eigenvalue weighted by molar-refractivity contribution is 0.0560. The van der Waals surface area contributed by atoms with Gasteiger partial charge in [-0.15, -0.1) is 0 Å². The Hall–Kier alpha value is -2.37. The lowest BCUT2D eigenvalue weighted by Gasteiger charge is -2.13. The second-order valence-corrected chi connectivity index (χ2v) is 4.74. The van der Waals surface area contributed by atoms with E-state index in [1.54, 1.807) is 0 Å². The number of likely N-dealkylation sites (tertiary alicyclic amines) is 1. The van der Waals surface area contributed by atoms with Crippen molar-refractivity contribution in [2.75, 3.05) is 13.1 Å². The van der Waals surface area contributed by atoms with Gasteiger partial charge in [0.25, 0.3) is 0 Å². The van der Waals surface area contributed by atoms with Crippen molar-refractivity contribution in [3.05, 3.63) is 35.8 Å². The molecule has 1 fully saturated rings. The van der Waals surface area contributed by atoms with Gasteiger partial charge in [0.1, 0.15) is 5.82 Å². The van der Waals surface area contributed by atoms with Crippen LogP contribution in [0.4, 0.5) is 9.18 Å². The summed E-state index contributed by atoms with van der Waals surface area (Å²) in [6.45, 7) is 1.21. The Morgan fingerprint density at radius 2 is 2.00 bits per heavy atom. The third-order valence-electron chi connectivity index (χ3n) is 3.41. The zero-order valence-electron chi connectivity index (χ0n) is 10.7. The van der Waals surface area contributed by atoms with Crippen LogP contribution >= 0.6 is 0 Å². The predicted octanol–water partition coefficient (Wildman–Crippen LogP) is 2.68. The average molecular weight is 276 g/mol. The first-order valence-corrected chi connectivity index (χ1v) is 6.43. The molecule has 0 unspecified atom stereocenters. The highest BCUT2D eigenvalue weighted by Crippen LogP contribution is 2.20. The number of esters is 1. The largest absolute Gasteiger partial charge is 0.417 e. The van der Waals surface area contributed by atoms with Crippen molar-refractivity contribution in [3.63, 3.8) is 0 Å². The van der Waals surface area contributed by atoms with Crippen molar-refractivity contribution in [3.8, 4) is 0 Å². The molecular weight excluding hydrogens is 263 g/mol. The van der Waals surface area contributed by atoms with Gasteiger partial charge >= 0.3 is 12.1 Å². The minimum atomic E-state index is -0.765. The first-order valence-electron chi connectivity index (χ1n) is 6.43. The number of fused-ring (bicyclic) bond motifs is 1. The molecule has 3 rings (SSSR count). The molecule has 0 saturated carbocycles. The maximum atomic E-state index is 13.2. The molecule has 1 aromatic heterocycles. The van der Waals surface area contributed by atoms with Gasteiger partial charge in [-0.25, -0.2) is 14.0 Å². The van der Waals surface area contributed by atoms with Gasteiger partial charge in [0.2, 0.25) is 0 Å². The minimum absolute atomic E-state index is 0.159. The number of benzene rings is 1. The fraction of sp³-hybridized carbons (Fsp3) is 0.286. The van der Waals surface area contributed by atoms with Crippen molar-refractivity contribution in [1.82, 2.24) is 9.88 Å². The van der Waals surface area contributed by atoms with Gasteiger partial charge in [-0.05, 0) is 31.0 Å². The van der Waals surface area contributed by atoms with E-state index >= 15 is 0 Å². The van der Waals surface area contributed by atoms with Crippen molar-refractivity contribution >= 4 is 23.0 Å². The van der Waals surface area contributed by atoms with Gasteiger partial charge < -0.3 is 14.6 Å². The number of halogens is 1.